The minimum atomic E-state index is -0.326. The molecule has 1 heterocycles. The SMILES string of the molecule is CCCC(Sc1nc2ccccc2c(=O)n1C1CC1)C(=O)OCC. The number of fused-ring (bicyclic) bond motifs is 1. The van der Waals surface area contributed by atoms with Crippen LogP contribution < -0.4 is 5.56 Å². The van der Waals surface area contributed by atoms with Crippen molar-refractivity contribution in [3.05, 3.63) is 34.6 Å². The first-order valence-electron chi connectivity index (χ1n) is 8.50. The number of thioether (sulfide) groups is 1. The molecule has 0 amide bonds. The lowest BCUT2D eigenvalue weighted by molar-refractivity contribution is -0.142. The first kappa shape index (κ1) is 17.0. The quantitative estimate of drug-likeness (QED) is 0.436. The highest BCUT2D eigenvalue weighted by Gasteiger charge is 2.31. The van der Waals surface area contributed by atoms with Gasteiger partial charge in [-0.15, -0.1) is 0 Å². The van der Waals surface area contributed by atoms with Gasteiger partial charge in [0.2, 0.25) is 0 Å². The van der Waals surface area contributed by atoms with Gasteiger partial charge in [0.25, 0.3) is 5.56 Å². The summed E-state index contributed by atoms with van der Waals surface area (Å²) in [4.78, 5) is 29.8. The van der Waals surface area contributed by atoms with E-state index in [1.54, 1.807) is 11.5 Å². The maximum absolute atomic E-state index is 12.9. The third kappa shape index (κ3) is 3.48. The van der Waals surface area contributed by atoms with E-state index in [0.29, 0.717) is 29.1 Å². The summed E-state index contributed by atoms with van der Waals surface area (Å²) in [6.07, 6.45) is 3.56. The number of ether oxygens (including phenoxy) is 1. The fourth-order valence-corrected chi connectivity index (χ4v) is 3.98. The van der Waals surface area contributed by atoms with Gasteiger partial charge < -0.3 is 4.74 Å². The summed E-state index contributed by atoms with van der Waals surface area (Å²) in [5.41, 5.74) is 0.672. The number of aromatic nitrogens is 2. The van der Waals surface area contributed by atoms with Crippen molar-refractivity contribution in [2.24, 2.45) is 0 Å². The number of carbonyl (C=O) groups excluding carboxylic acids is 1. The van der Waals surface area contributed by atoms with E-state index in [0.717, 1.165) is 19.3 Å². The van der Waals surface area contributed by atoms with Crippen LogP contribution in [0.4, 0.5) is 0 Å². The van der Waals surface area contributed by atoms with E-state index in [4.69, 9.17) is 4.74 Å². The Morgan fingerprint density at radius 3 is 2.79 bits per heavy atom. The van der Waals surface area contributed by atoms with E-state index in [1.165, 1.54) is 11.8 Å². The monoisotopic (exact) mass is 346 g/mol. The average molecular weight is 346 g/mol. The van der Waals surface area contributed by atoms with Crippen LogP contribution in [0.5, 0.6) is 0 Å². The summed E-state index contributed by atoms with van der Waals surface area (Å²) in [5, 5.41) is 0.942. The number of hydrogen-bond donors (Lipinski definition) is 0. The predicted molar refractivity (Wildman–Crippen MR) is 95.5 cm³/mol. The summed E-state index contributed by atoms with van der Waals surface area (Å²) < 4.78 is 6.96. The molecule has 0 saturated heterocycles. The molecule has 1 saturated carbocycles. The average Bonchev–Trinajstić information content (AvgIpc) is 3.39. The summed E-state index contributed by atoms with van der Waals surface area (Å²) in [6.45, 7) is 4.20. The van der Waals surface area contributed by atoms with Gasteiger partial charge >= 0.3 is 5.97 Å². The lowest BCUT2D eigenvalue weighted by Crippen LogP contribution is -2.26. The molecular formula is C18H22N2O3S. The summed E-state index contributed by atoms with van der Waals surface area (Å²) in [7, 11) is 0. The molecule has 0 spiro atoms. The molecule has 1 aliphatic carbocycles. The van der Waals surface area contributed by atoms with Crippen molar-refractivity contribution in [3.63, 3.8) is 0 Å². The van der Waals surface area contributed by atoms with Crippen LogP contribution in [0.2, 0.25) is 0 Å². The van der Waals surface area contributed by atoms with Crippen LogP contribution in [0.3, 0.4) is 0 Å². The van der Waals surface area contributed by atoms with Crippen molar-refractivity contribution >= 4 is 28.6 Å². The highest BCUT2D eigenvalue weighted by Crippen LogP contribution is 2.38. The molecule has 1 unspecified atom stereocenters. The van der Waals surface area contributed by atoms with Crippen LogP contribution in [0.15, 0.2) is 34.2 Å². The van der Waals surface area contributed by atoms with E-state index in [9.17, 15) is 9.59 Å². The van der Waals surface area contributed by atoms with Gasteiger partial charge in [-0.1, -0.05) is 37.2 Å². The fourth-order valence-electron chi connectivity index (χ4n) is 2.71. The Labute approximate surface area is 145 Å². The zero-order valence-corrected chi connectivity index (χ0v) is 14.8. The standard InChI is InChI=1S/C18H22N2O3S/c1-3-7-15(17(22)23-4-2)24-18-19-14-9-6-5-8-13(14)16(21)20(18)12-10-11-12/h5-6,8-9,12,15H,3-4,7,10-11H2,1-2H3. The Bertz CT molecular complexity index is 798. The molecule has 1 aromatic heterocycles. The van der Waals surface area contributed by atoms with Crippen molar-refractivity contribution in [2.45, 2.75) is 56.0 Å². The van der Waals surface area contributed by atoms with Crippen LogP contribution in [-0.2, 0) is 9.53 Å². The number of esters is 1. The van der Waals surface area contributed by atoms with Gasteiger partial charge in [-0.25, -0.2) is 4.98 Å². The van der Waals surface area contributed by atoms with Crippen LogP contribution in [0.25, 0.3) is 10.9 Å². The Hall–Kier alpha value is -1.82. The van der Waals surface area contributed by atoms with Crippen LogP contribution in [-0.4, -0.2) is 27.4 Å². The molecule has 0 bridgehead atoms. The number of benzene rings is 1. The number of hydrogen-bond acceptors (Lipinski definition) is 5. The number of rotatable bonds is 7. The summed E-state index contributed by atoms with van der Waals surface area (Å²) >= 11 is 1.36. The van der Waals surface area contributed by atoms with Crippen LogP contribution in [0.1, 0.15) is 45.6 Å². The van der Waals surface area contributed by atoms with E-state index >= 15 is 0 Å². The predicted octanol–water partition coefficient (Wildman–Crippen LogP) is 3.56. The molecule has 3 rings (SSSR count). The Morgan fingerprint density at radius 2 is 2.12 bits per heavy atom. The Kier molecular flexibility index (Phi) is 5.23. The van der Waals surface area contributed by atoms with Crippen molar-refractivity contribution in [2.75, 3.05) is 6.61 Å². The molecule has 6 heteroatoms. The van der Waals surface area contributed by atoms with Gasteiger partial charge in [0.15, 0.2) is 5.16 Å². The second-order valence-corrected chi connectivity index (χ2v) is 7.13. The molecule has 0 aliphatic heterocycles. The first-order valence-corrected chi connectivity index (χ1v) is 9.38. The maximum atomic E-state index is 12.9. The second kappa shape index (κ2) is 7.38. The fraction of sp³-hybridized carbons (Fsp3) is 0.500. The number of nitrogens with zero attached hydrogens (tertiary/aromatic N) is 2. The van der Waals surface area contributed by atoms with Gasteiger partial charge in [-0.3, -0.25) is 14.2 Å². The molecule has 5 nitrogen and oxygen atoms in total. The number of para-hydroxylation sites is 1. The highest BCUT2D eigenvalue weighted by atomic mass is 32.2. The van der Waals surface area contributed by atoms with E-state index in [1.807, 2.05) is 31.2 Å². The normalized spacial score (nSPS) is 15.4. The smallest absolute Gasteiger partial charge is 0.319 e. The van der Waals surface area contributed by atoms with Gasteiger partial charge in [0.1, 0.15) is 5.25 Å². The molecule has 1 aliphatic rings. The van der Waals surface area contributed by atoms with E-state index in [-0.39, 0.29) is 22.8 Å². The molecule has 1 aromatic carbocycles. The largest absolute Gasteiger partial charge is 0.465 e. The molecular weight excluding hydrogens is 324 g/mol. The van der Waals surface area contributed by atoms with Crippen molar-refractivity contribution in [1.82, 2.24) is 9.55 Å². The Balaban J connectivity index is 2.02. The van der Waals surface area contributed by atoms with Gasteiger partial charge in [0.05, 0.1) is 17.5 Å². The molecule has 128 valence electrons. The van der Waals surface area contributed by atoms with E-state index in [2.05, 4.69) is 4.98 Å². The maximum Gasteiger partial charge on any atom is 0.319 e. The summed E-state index contributed by atoms with van der Waals surface area (Å²) in [6, 6.07) is 7.60. The lowest BCUT2D eigenvalue weighted by Gasteiger charge is -2.17. The van der Waals surface area contributed by atoms with Crippen LogP contribution in [0, 0.1) is 0 Å². The molecule has 0 N–H and O–H groups in total. The van der Waals surface area contributed by atoms with Crippen LogP contribution >= 0.6 is 11.8 Å². The van der Waals surface area contributed by atoms with Gasteiger partial charge in [-0.2, -0.15) is 0 Å². The molecule has 2 aromatic rings. The first-order chi connectivity index (χ1) is 11.7. The third-order valence-electron chi connectivity index (χ3n) is 4.04. The molecule has 1 atom stereocenters. The van der Waals surface area contributed by atoms with Gasteiger partial charge in [-0.05, 0) is 38.3 Å². The zero-order valence-electron chi connectivity index (χ0n) is 14.0. The van der Waals surface area contributed by atoms with Crippen molar-refractivity contribution < 1.29 is 9.53 Å². The molecule has 1 fully saturated rings. The third-order valence-corrected chi connectivity index (χ3v) is 5.25. The topological polar surface area (TPSA) is 61.2 Å². The van der Waals surface area contributed by atoms with Crippen molar-refractivity contribution in [3.8, 4) is 0 Å². The minimum Gasteiger partial charge on any atom is -0.465 e. The highest BCUT2D eigenvalue weighted by molar-refractivity contribution is 8.00. The van der Waals surface area contributed by atoms with Gasteiger partial charge in [0, 0.05) is 6.04 Å². The molecule has 0 radical (unpaired) electrons. The Morgan fingerprint density at radius 1 is 1.38 bits per heavy atom. The van der Waals surface area contributed by atoms with Crippen molar-refractivity contribution in [1.29, 1.82) is 0 Å². The molecule has 24 heavy (non-hydrogen) atoms. The van der Waals surface area contributed by atoms with E-state index < -0.39 is 0 Å². The summed E-state index contributed by atoms with van der Waals surface area (Å²) in [5.74, 6) is -0.228. The lowest BCUT2D eigenvalue weighted by atomic mass is 10.2. The zero-order chi connectivity index (χ0) is 17.1. The minimum absolute atomic E-state index is 0.00953. The second-order valence-electron chi connectivity index (χ2n) is 5.97. The number of carbonyl (C=O) groups is 1.